The van der Waals surface area contributed by atoms with Crippen molar-refractivity contribution in [2.75, 3.05) is 0 Å². The minimum Gasteiger partial charge on any atom is -0.368 e. The molecule has 1 aliphatic heterocycles. The number of hydrogen-bond donors (Lipinski definition) is 1. The number of nitrogens with one attached hydrogen (secondary N) is 1. The van der Waals surface area contributed by atoms with E-state index in [4.69, 9.17) is 0 Å². The van der Waals surface area contributed by atoms with Gasteiger partial charge in [0.1, 0.15) is 0 Å². The predicted octanol–water partition coefficient (Wildman–Crippen LogP) is 1.23. The third kappa shape index (κ3) is 2.59. The van der Waals surface area contributed by atoms with Crippen LogP contribution in [0.3, 0.4) is 0 Å². The Morgan fingerprint density at radius 3 is 1.75 bits per heavy atom. The van der Waals surface area contributed by atoms with Crippen molar-refractivity contribution in [3.63, 3.8) is 0 Å². The highest BCUT2D eigenvalue weighted by Gasteiger charge is 1.67. The standard InChI is InChI=1S/C6H7N.H3P/c1-2-4-6-7-5-3-1;/h1-7H;1H3. The Balaban J connectivity index is 0.000000490. The van der Waals surface area contributed by atoms with Crippen LogP contribution in [0.15, 0.2) is 36.7 Å². The summed E-state index contributed by atoms with van der Waals surface area (Å²) in [5, 5.41) is 2.92. The van der Waals surface area contributed by atoms with E-state index >= 15 is 0 Å². The summed E-state index contributed by atoms with van der Waals surface area (Å²) in [5.74, 6) is 0. The minimum absolute atomic E-state index is 0. The summed E-state index contributed by atoms with van der Waals surface area (Å²) in [6.07, 6.45) is 11.6. The molecule has 1 N–H and O–H groups in total. The molecule has 1 unspecified atom stereocenters. The van der Waals surface area contributed by atoms with Gasteiger partial charge in [0.25, 0.3) is 0 Å². The van der Waals surface area contributed by atoms with Crippen molar-refractivity contribution in [1.29, 1.82) is 0 Å². The lowest BCUT2D eigenvalue weighted by molar-refractivity contribution is 1.20. The fourth-order valence-corrected chi connectivity index (χ4v) is 0.406. The minimum atomic E-state index is 0. The zero-order valence-electron chi connectivity index (χ0n) is 4.67. The second-order valence-corrected chi connectivity index (χ2v) is 1.27. The Labute approximate surface area is 52.8 Å². The monoisotopic (exact) mass is 127 g/mol. The van der Waals surface area contributed by atoms with Gasteiger partial charge in [-0.1, -0.05) is 12.2 Å². The number of rotatable bonds is 0. The Kier molecular flexibility index (Phi) is 4.29. The van der Waals surface area contributed by atoms with Crippen LogP contribution in [-0.4, -0.2) is 0 Å². The second-order valence-electron chi connectivity index (χ2n) is 1.27. The van der Waals surface area contributed by atoms with E-state index in [1.165, 1.54) is 0 Å². The van der Waals surface area contributed by atoms with Crippen molar-refractivity contribution < 1.29 is 0 Å². The van der Waals surface area contributed by atoms with Gasteiger partial charge in [0.15, 0.2) is 0 Å². The highest BCUT2D eigenvalue weighted by atomic mass is 31.0. The third-order valence-electron chi connectivity index (χ3n) is 0.718. The molecule has 8 heavy (non-hydrogen) atoms. The molecule has 0 aromatic carbocycles. The average molecular weight is 127 g/mol. The van der Waals surface area contributed by atoms with E-state index in [9.17, 15) is 0 Å². The normalized spacial score (nSPS) is 14.0. The number of allylic oxidation sites excluding steroid dienone is 4. The van der Waals surface area contributed by atoms with Crippen LogP contribution in [0.25, 0.3) is 0 Å². The summed E-state index contributed by atoms with van der Waals surface area (Å²) in [5.41, 5.74) is 0. The van der Waals surface area contributed by atoms with E-state index < -0.39 is 0 Å². The molecule has 1 aliphatic rings. The van der Waals surface area contributed by atoms with Gasteiger partial charge in [0, 0.05) is 12.4 Å². The topological polar surface area (TPSA) is 12.0 Å². The van der Waals surface area contributed by atoms with E-state index in [1.807, 2.05) is 36.7 Å². The van der Waals surface area contributed by atoms with Crippen molar-refractivity contribution in [3.8, 4) is 0 Å². The smallest absolute Gasteiger partial charge is 0.000442 e. The van der Waals surface area contributed by atoms with Crippen LogP contribution in [0, 0.1) is 0 Å². The largest absolute Gasteiger partial charge is 0.368 e. The van der Waals surface area contributed by atoms with Crippen LogP contribution >= 0.6 is 9.90 Å². The van der Waals surface area contributed by atoms with Crippen LogP contribution < -0.4 is 5.32 Å². The molecule has 0 saturated carbocycles. The van der Waals surface area contributed by atoms with Gasteiger partial charge < -0.3 is 5.32 Å². The van der Waals surface area contributed by atoms with E-state index in [1.54, 1.807) is 0 Å². The maximum atomic E-state index is 2.92. The van der Waals surface area contributed by atoms with Gasteiger partial charge in [0.05, 0.1) is 0 Å². The van der Waals surface area contributed by atoms with E-state index in [0.717, 1.165) is 0 Å². The lowest BCUT2D eigenvalue weighted by atomic mass is 10.5. The van der Waals surface area contributed by atoms with Gasteiger partial charge in [-0.05, 0) is 12.2 Å². The van der Waals surface area contributed by atoms with Gasteiger partial charge in [-0.3, -0.25) is 0 Å². The maximum absolute atomic E-state index is 2.92. The van der Waals surface area contributed by atoms with Crippen molar-refractivity contribution in [3.05, 3.63) is 36.7 Å². The summed E-state index contributed by atoms with van der Waals surface area (Å²) in [4.78, 5) is 0. The van der Waals surface area contributed by atoms with Crippen LogP contribution in [0.4, 0.5) is 0 Å². The summed E-state index contributed by atoms with van der Waals surface area (Å²) in [6, 6.07) is 0. The molecule has 0 fully saturated rings. The number of hydrogen-bond acceptors (Lipinski definition) is 1. The second kappa shape index (κ2) is 4.61. The maximum Gasteiger partial charge on any atom is 0.000442 e. The first kappa shape index (κ1) is 7.45. The molecule has 0 spiro atoms. The fourth-order valence-electron chi connectivity index (χ4n) is 0.406. The molecule has 0 aromatic heterocycles. The highest BCUT2D eigenvalue weighted by molar-refractivity contribution is 6.92. The summed E-state index contributed by atoms with van der Waals surface area (Å²) >= 11 is 0. The zero-order chi connectivity index (χ0) is 4.95. The quantitative estimate of drug-likeness (QED) is 0.482. The van der Waals surface area contributed by atoms with Gasteiger partial charge >= 0.3 is 0 Å². The van der Waals surface area contributed by atoms with E-state index in [0.29, 0.717) is 0 Å². The highest BCUT2D eigenvalue weighted by Crippen LogP contribution is 1.81. The van der Waals surface area contributed by atoms with Crippen molar-refractivity contribution in [2.24, 2.45) is 0 Å². The van der Waals surface area contributed by atoms with Crippen molar-refractivity contribution in [2.45, 2.75) is 0 Å². The molecule has 1 atom stereocenters. The Bertz CT molecular complexity index is 110. The first-order chi connectivity index (χ1) is 3.50. The third-order valence-corrected chi connectivity index (χ3v) is 0.718. The molecule has 0 radical (unpaired) electrons. The first-order valence-corrected chi connectivity index (χ1v) is 2.24. The van der Waals surface area contributed by atoms with Crippen LogP contribution in [-0.2, 0) is 0 Å². The molecule has 0 bridgehead atoms. The zero-order valence-corrected chi connectivity index (χ0v) is 6.09. The predicted molar refractivity (Wildman–Crippen MR) is 41.7 cm³/mol. The summed E-state index contributed by atoms with van der Waals surface area (Å²) in [6.45, 7) is 0. The average Bonchev–Trinajstić information content (AvgIpc) is 1.90. The lowest BCUT2D eigenvalue weighted by Gasteiger charge is -1.79. The molecule has 1 nitrogen and oxygen atoms in total. The van der Waals surface area contributed by atoms with Gasteiger partial charge in [-0.25, -0.2) is 0 Å². The fraction of sp³-hybridized carbons (Fsp3) is 0. The SMILES string of the molecule is C1=CC=CNC=C1.P. The Hall–Kier alpha value is -0.550. The van der Waals surface area contributed by atoms with Crippen molar-refractivity contribution in [1.82, 2.24) is 5.32 Å². The Morgan fingerprint density at radius 2 is 1.25 bits per heavy atom. The van der Waals surface area contributed by atoms with Gasteiger partial charge in [-0.15, -0.1) is 0 Å². The molecule has 1 rings (SSSR count). The molecule has 2 heteroatoms. The van der Waals surface area contributed by atoms with Crippen LogP contribution in [0.1, 0.15) is 0 Å². The molecular formula is C6H10NP. The molecule has 0 saturated heterocycles. The molecule has 0 amide bonds. The van der Waals surface area contributed by atoms with Crippen LogP contribution in [0.2, 0.25) is 0 Å². The first-order valence-electron chi connectivity index (χ1n) is 2.24. The van der Waals surface area contributed by atoms with Crippen LogP contribution in [0.5, 0.6) is 0 Å². The molecule has 1 heterocycles. The summed E-state index contributed by atoms with van der Waals surface area (Å²) in [7, 11) is 0. The van der Waals surface area contributed by atoms with Gasteiger partial charge in [0.2, 0.25) is 0 Å². The summed E-state index contributed by atoms with van der Waals surface area (Å²) < 4.78 is 0. The lowest BCUT2D eigenvalue weighted by Crippen LogP contribution is -1.87. The van der Waals surface area contributed by atoms with Crippen molar-refractivity contribution >= 4 is 9.90 Å². The van der Waals surface area contributed by atoms with Gasteiger partial charge in [-0.2, -0.15) is 9.90 Å². The molecule has 44 valence electrons. The molecule has 0 aromatic rings. The van der Waals surface area contributed by atoms with E-state index in [-0.39, 0.29) is 9.90 Å². The molecular weight excluding hydrogens is 117 g/mol. The van der Waals surface area contributed by atoms with E-state index in [2.05, 4.69) is 5.32 Å². The Morgan fingerprint density at radius 1 is 0.750 bits per heavy atom. The molecule has 0 aliphatic carbocycles.